The molecule has 49 heteroatoms. The Morgan fingerprint density at radius 1 is 0.316 bits per heavy atom. The van der Waals surface area contributed by atoms with E-state index >= 15 is 0 Å². The molecule has 0 fully saturated rings. The van der Waals surface area contributed by atoms with E-state index in [0.717, 1.165) is 0 Å². The molecule has 0 saturated heterocycles. The van der Waals surface area contributed by atoms with Crippen LogP contribution in [0.4, 0.5) is 154 Å². The van der Waals surface area contributed by atoms with Gasteiger partial charge in [0, 0.05) is 19.6 Å². The van der Waals surface area contributed by atoms with Gasteiger partial charge in [0.2, 0.25) is 17.8 Å². The summed E-state index contributed by atoms with van der Waals surface area (Å²) in [5.41, 5.74) is 0. The van der Waals surface area contributed by atoms with Gasteiger partial charge < -0.3 is 30.0 Å². The molecule has 1 aromatic rings. The standard InChI is InChI=1S/C27H23F31N6O12/c28-10-68-17(35,36)18(37,38)74-25(53,54)69-14(29,30)7-62(1-4-65)11-59-12(63(2-5-66)8-15(31,32)70-26(55,56)75-21(43,44)19(39,40)72-23(47,48)49)61-13(60-11)64(3-6-67)9-16(33,34)71-27(57,58)76-22(45,46)20(41,42)73-24(50,51)52/h65-67H,1-10H2. The number of alkyl halides is 31. The summed E-state index contributed by atoms with van der Waals surface area (Å²) in [7, 11) is 0. The fourth-order valence-electron chi connectivity index (χ4n) is 4.41. The molecule has 0 aliphatic heterocycles. The summed E-state index contributed by atoms with van der Waals surface area (Å²) >= 11 is 0. The largest absolute Gasteiger partial charge is 0.527 e. The van der Waals surface area contributed by atoms with Crippen molar-refractivity contribution in [2.24, 2.45) is 0 Å². The SMILES string of the molecule is OCCN(CC(F)(F)OC(F)(F)OC(F)(F)C(F)(F)OCF)c1nc(N(CCO)CC(F)(F)OC(F)(F)OC(F)(F)C(F)(F)OC(F)(F)F)nc(N(CCO)CC(F)(F)OC(F)(F)OC(F)(F)C(F)(F)OC(F)(F)F)n1. The molecular weight excluding hydrogens is 1190 g/mol. The van der Waals surface area contributed by atoms with Crippen LogP contribution in [0.5, 0.6) is 0 Å². The van der Waals surface area contributed by atoms with Crippen LogP contribution in [0.1, 0.15) is 0 Å². The maximum atomic E-state index is 15.0. The molecule has 76 heavy (non-hydrogen) atoms. The number of aromatic nitrogens is 3. The molecule has 0 spiro atoms. The highest BCUT2D eigenvalue weighted by molar-refractivity contribution is 5.47. The summed E-state index contributed by atoms with van der Waals surface area (Å²) in [6.45, 7) is -23.0. The monoisotopic (exact) mass is 1210 g/mol. The molecule has 3 N–H and O–H groups in total. The van der Waals surface area contributed by atoms with Crippen molar-refractivity contribution in [3.63, 3.8) is 0 Å². The van der Waals surface area contributed by atoms with Crippen LogP contribution >= 0.6 is 0 Å². The predicted octanol–water partition coefficient (Wildman–Crippen LogP) is 7.37. The van der Waals surface area contributed by atoms with Crippen molar-refractivity contribution in [3.8, 4) is 0 Å². The van der Waals surface area contributed by atoms with E-state index in [0.29, 0.717) is 0 Å². The van der Waals surface area contributed by atoms with Gasteiger partial charge in [-0.2, -0.15) is 94.0 Å². The highest BCUT2D eigenvalue weighted by Gasteiger charge is 2.71. The van der Waals surface area contributed by atoms with Crippen molar-refractivity contribution in [3.05, 3.63) is 0 Å². The van der Waals surface area contributed by atoms with E-state index < -0.39 is 185 Å². The Hall–Kier alpha value is -4.24. The molecule has 1 rings (SSSR count). The van der Waals surface area contributed by atoms with Crippen molar-refractivity contribution in [2.45, 2.75) is 86.6 Å². The minimum Gasteiger partial charge on any atom is -0.395 e. The number of aliphatic hydroxyl groups is 3. The van der Waals surface area contributed by atoms with Crippen LogP contribution in [0, 0.1) is 0 Å². The molecule has 0 radical (unpaired) electrons. The minimum absolute atomic E-state index is 0.707. The van der Waals surface area contributed by atoms with Crippen molar-refractivity contribution in [1.29, 1.82) is 0 Å². The summed E-state index contributed by atoms with van der Waals surface area (Å²) in [5.74, 6) is -6.48. The third-order valence-electron chi connectivity index (χ3n) is 6.97. The quantitative estimate of drug-likeness (QED) is 0.0457. The number of anilines is 3. The van der Waals surface area contributed by atoms with Gasteiger partial charge in [-0.15, -0.1) is 52.7 Å². The lowest BCUT2D eigenvalue weighted by Gasteiger charge is -2.34. The Balaban J connectivity index is 4.10. The number of nitrogens with zero attached hydrogens (tertiary/aromatic N) is 6. The smallest absolute Gasteiger partial charge is 0.395 e. The molecule has 18 nitrogen and oxygen atoms in total. The van der Waals surface area contributed by atoms with E-state index in [9.17, 15) is 151 Å². The third-order valence-corrected chi connectivity index (χ3v) is 6.97. The fourth-order valence-corrected chi connectivity index (χ4v) is 4.41. The summed E-state index contributed by atoms with van der Waals surface area (Å²) in [4.78, 5) is 6.60. The average Bonchev–Trinajstić information content (AvgIpc) is 3.12. The number of halogens is 31. The van der Waals surface area contributed by atoms with Crippen LogP contribution in [0.25, 0.3) is 0 Å². The third kappa shape index (κ3) is 21.9. The van der Waals surface area contributed by atoms with E-state index in [1.165, 1.54) is 0 Å². The second-order valence-corrected chi connectivity index (χ2v) is 13.0. The van der Waals surface area contributed by atoms with Crippen LogP contribution < -0.4 is 14.7 Å². The van der Waals surface area contributed by atoms with Crippen LogP contribution in [0.15, 0.2) is 0 Å². The number of aliphatic hydroxyl groups excluding tert-OH is 3. The first-order valence-electron chi connectivity index (χ1n) is 17.9. The molecule has 0 aliphatic carbocycles. The topological polar surface area (TPSA) is 192 Å². The number of hydrogen-bond acceptors (Lipinski definition) is 18. The van der Waals surface area contributed by atoms with E-state index in [-0.39, 0.29) is 0 Å². The Morgan fingerprint density at radius 2 is 0.526 bits per heavy atom. The lowest BCUT2D eigenvalue weighted by atomic mass is 10.4. The van der Waals surface area contributed by atoms with Crippen molar-refractivity contribution in [2.75, 3.05) is 80.6 Å². The van der Waals surface area contributed by atoms with Gasteiger partial charge in [0.1, 0.15) is 19.6 Å². The molecule has 0 amide bonds. The molecule has 0 unspecified atom stereocenters. The van der Waals surface area contributed by atoms with Gasteiger partial charge in [-0.25, -0.2) is 42.3 Å². The van der Waals surface area contributed by atoms with Crippen molar-refractivity contribution < 1.29 is 194 Å². The number of ether oxygens (including phenoxy) is 9. The Labute approximate surface area is 395 Å². The maximum absolute atomic E-state index is 15.0. The minimum atomic E-state index is -7.34. The predicted molar refractivity (Wildman–Crippen MR) is 165 cm³/mol. The van der Waals surface area contributed by atoms with Gasteiger partial charge in [0.05, 0.1) is 19.8 Å². The summed E-state index contributed by atoms with van der Waals surface area (Å²) in [6, 6.07) is 0. The highest BCUT2D eigenvalue weighted by atomic mass is 19.4. The zero-order valence-corrected chi connectivity index (χ0v) is 35.0. The Morgan fingerprint density at radius 3 is 0.724 bits per heavy atom. The first kappa shape index (κ1) is 69.8. The van der Waals surface area contributed by atoms with Crippen LogP contribution in [-0.4, -0.2) is 183 Å². The zero-order valence-electron chi connectivity index (χ0n) is 35.0. The Bertz CT molecular complexity index is 1890. The molecule has 0 saturated carbocycles. The van der Waals surface area contributed by atoms with Gasteiger partial charge in [0.25, 0.3) is 0 Å². The highest BCUT2D eigenvalue weighted by Crippen LogP contribution is 2.47. The molecule has 0 atom stereocenters. The molecule has 1 heterocycles. The first-order chi connectivity index (χ1) is 33.5. The first-order valence-corrected chi connectivity index (χ1v) is 17.9. The van der Waals surface area contributed by atoms with E-state index in [1.807, 2.05) is 9.47 Å². The van der Waals surface area contributed by atoms with Gasteiger partial charge in [-0.05, 0) is 0 Å². The molecule has 0 bridgehead atoms. The van der Waals surface area contributed by atoms with Crippen LogP contribution in [0.3, 0.4) is 0 Å². The van der Waals surface area contributed by atoms with E-state index in [2.05, 4.69) is 38.6 Å². The zero-order chi connectivity index (χ0) is 60.0. The van der Waals surface area contributed by atoms with Gasteiger partial charge in [-0.3, -0.25) is 4.74 Å². The van der Waals surface area contributed by atoms with Crippen LogP contribution in [-0.2, 0) is 42.6 Å². The average molecular weight is 1210 g/mol. The van der Waals surface area contributed by atoms with Gasteiger partial charge in [0.15, 0.2) is 6.86 Å². The molecular formula is C27H23F31N6O12. The van der Waals surface area contributed by atoms with E-state index in [1.54, 1.807) is 9.47 Å². The second-order valence-electron chi connectivity index (χ2n) is 13.0. The molecule has 1 aromatic heterocycles. The molecule has 450 valence electrons. The van der Waals surface area contributed by atoms with Crippen molar-refractivity contribution >= 4 is 17.8 Å². The van der Waals surface area contributed by atoms with Crippen molar-refractivity contribution in [1.82, 2.24) is 15.0 Å². The van der Waals surface area contributed by atoms with Gasteiger partial charge >= 0.3 is 86.6 Å². The second kappa shape index (κ2) is 24.0. The molecule has 0 aliphatic rings. The molecule has 0 aromatic carbocycles. The maximum Gasteiger partial charge on any atom is 0.527 e. The normalized spacial score (nSPS) is 14.9. The number of hydrogen-bond donors (Lipinski definition) is 3. The summed E-state index contributed by atoms with van der Waals surface area (Å²) in [5, 5.41) is 28.3. The summed E-state index contributed by atoms with van der Waals surface area (Å²) in [6.07, 6.45) is -95.4. The lowest BCUT2D eigenvalue weighted by molar-refractivity contribution is -0.571. The fraction of sp³-hybridized carbons (Fsp3) is 0.889. The lowest BCUT2D eigenvalue weighted by Crippen LogP contribution is -2.54. The van der Waals surface area contributed by atoms with E-state index in [4.69, 9.17) is 0 Å². The van der Waals surface area contributed by atoms with Crippen LogP contribution in [0.2, 0.25) is 0 Å². The van der Waals surface area contributed by atoms with Gasteiger partial charge in [-0.1, -0.05) is 0 Å². The number of rotatable bonds is 34. The summed E-state index contributed by atoms with van der Waals surface area (Å²) < 4.78 is 440. The Kier molecular flexibility index (Phi) is 22.0.